The average molecular weight is 895 g/mol. The van der Waals surface area contributed by atoms with Gasteiger partial charge in [-0.3, -0.25) is 0 Å². The van der Waals surface area contributed by atoms with Crippen molar-refractivity contribution in [3.63, 3.8) is 0 Å². The molecule has 69 heavy (non-hydrogen) atoms. The van der Waals surface area contributed by atoms with Gasteiger partial charge in [0, 0.05) is 0 Å². The highest BCUT2D eigenvalue weighted by Gasteiger charge is 2.60. The first-order chi connectivity index (χ1) is 33.7. The molecule has 0 amide bonds. The van der Waals surface area contributed by atoms with Crippen LogP contribution in [-0.2, 0) is 16.2 Å². The number of phenols is 6. The van der Waals surface area contributed by atoms with Crippen molar-refractivity contribution in [2.75, 3.05) is 0 Å². The van der Waals surface area contributed by atoms with Crippen LogP contribution in [0.4, 0.5) is 0 Å². The smallest absolute Gasteiger partial charge is 0.115 e. The Hall–Kier alpha value is -9.00. The summed E-state index contributed by atoms with van der Waals surface area (Å²) < 4.78 is 0. The molecule has 0 radical (unpaired) electrons. The second-order valence-electron chi connectivity index (χ2n) is 18.4. The number of hydrogen-bond donors (Lipinski definition) is 6. The molecule has 13 rings (SSSR count). The summed E-state index contributed by atoms with van der Waals surface area (Å²) in [5, 5.41) is 66.0. The second kappa shape index (κ2) is 14.5. The van der Waals surface area contributed by atoms with E-state index in [2.05, 4.69) is 72.8 Å². The lowest BCUT2D eigenvalue weighted by Gasteiger charge is -2.40. The van der Waals surface area contributed by atoms with E-state index in [9.17, 15) is 30.6 Å². The highest BCUT2D eigenvalue weighted by molar-refractivity contribution is 6.09. The molecule has 10 aromatic rings. The van der Waals surface area contributed by atoms with Gasteiger partial charge in [-0.15, -0.1) is 0 Å². The maximum atomic E-state index is 11.0. The Morgan fingerprint density at radius 1 is 0.203 bits per heavy atom. The van der Waals surface area contributed by atoms with Crippen LogP contribution in [0.2, 0.25) is 0 Å². The van der Waals surface area contributed by atoms with Gasteiger partial charge < -0.3 is 30.6 Å². The van der Waals surface area contributed by atoms with Gasteiger partial charge in [0.1, 0.15) is 34.5 Å². The molecule has 10 aromatic carbocycles. The molecule has 0 spiro atoms. The summed E-state index contributed by atoms with van der Waals surface area (Å²) in [4.78, 5) is 0. The molecule has 6 heteroatoms. The monoisotopic (exact) mass is 894 g/mol. The molecule has 0 heterocycles. The van der Waals surface area contributed by atoms with Crippen molar-refractivity contribution in [3.05, 3.63) is 285 Å². The van der Waals surface area contributed by atoms with Gasteiger partial charge in [0.2, 0.25) is 0 Å². The summed E-state index contributed by atoms with van der Waals surface area (Å²) in [6.45, 7) is 0. The molecule has 0 aromatic heterocycles. The van der Waals surface area contributed by atoms with Crippen LogP contribution >= 0.6 is 0 Å². The molecule has 6 N–H and O–H groups in total. The third-order valence-corrected chi connectivity index (χ3v) is 15.2. The van der Waals surface area contributed by atoms with Gasteiger partial charge in [-0.1, -0.05) is 146 Å². The van der Waals surface area contributed by atoms with E-state index in [0.717, 1.165) is 100 Å². The van der Waals surface area contributed by atoms with Gasteiger partial charge >= 0.3 is 0 Å². The highest BCUT2D eigenvalue weighted by atomic mass is 16.3. The topological polar surface area (TPSA) is 121 Å². The summed E-state index contributed by atoms with van der Waals surface area (Å²) >= 11 is 0. The van der Waals surface area contributed by atoms with Crippen LogP contribution in [0.15, 0.2) is 218 Å². The van der Waals surface area contributed by atoms with Crippen LogP contribution in [0, 0.1) is 0 Å². The fraction of sp³-hybridized carbons (Fsp3) is 0.0476. The van der Waals surface area contributed by atoms with Crippen LogP contribution in [0.3, 0.4) is 0 Å². The molecule has 0 unspecified atom stereocenters. The molecule has 0 atom stereocenters. The molecular weight excluding hydrogens is 853 g/mol. The molecule has 0 aliphatic heterocycles. The van der Waals surface area contributed by atoms with E-state index in [-0.39, 0.29) is 34.5 Å². The maximum Gasteiger partial charge on any atom is 0.115 e. The summed E-state index contributed by atoms with van der Waals surface area (Å²) in [5.74, 6) is 0.769. The van der Waals surface area contributed by atoms with Crippen LogP contribution in [0.5, 0.6) is 34.5 Å². The lowest BCUT2D eigenvalue weighted by atomic mass is 9.61. The Kier molecular flexibility index (Phi) is 8.47. The Labute approximate surface area is 398 Å². The Morgan fingerprint density at radius 3 is 0.565 bits per heavy atom. The molecule has 3 aliphatic carbocycles. The standard InChI is InChI=1S/C63H42O6/c64-43-25-13-37(14-26-43)61(38-15-27-44(65)28-16-38)52-10-4-1-7-49(52)55-58(61)56-51-9-3-6-12-54(51)63(41-21-33-47(68)34-22-41,42-23-35-48(69)36-24-42)60(56)57-50-8-2-5-11-53(50)62(59(55)57,39-17-29-45(66)30-18-39)40-19-31-46(67)32-20-40/h1-36,64-69H. The van der Waals surface area contributed by atoms with E-state index >= 15 is 0 Å². The number of benzene rings is 10. The van der Waals surface area contributed by atoms with E-state index < -0.39 is 16.2 Å². The molecule has 330 valence electrons. The average Bonchev–Trinajstić information content (AvgIpc) is 3.97. The first-order valence-electron chi connectivity index (χ1n) is 23.0. The second-order valence-corrected chi connectivity index (χ2v) is 18.4. The van der Waals surface area contributed by atoms with Gasteiger partial charge in [0.15, 0.2) is 0 Å². The fourth-order valence-electron chi connectivity index (χ4n) is 12.7. The van der Waals surface area contributed by atoms with Gasteiger partial charge in [0.25, 0.3) is 0 Å². The van der Waals surface area contributed by atoms with Crippen LogP contribution in [0.1, 0.15) is 66.8 Å². The van der Waals surface area contributed by atoms with Crippen LogP contribution < -0.4 is 0 Å². The number of aromatic hydroxyl groups is 6. The molecule has 3 aliphatic rings. The zero-order chi connectivity index (χ0) is 46.8. The van der Waals surface area contributed by atoms with E-state index in [1.165, 1.54) is 0 Å². The summed E-state index contributed by atoms with van der Waals surface area (Å²) in [6, 6.07) is 70.6. The normalized spacial score (nSPS) is 14.8. The minimum absolute atomic E-state index is 0.128. The van der Waals surface area contributed by atoms with Crippen molar-refractivity contribution in [1.29, 1.82) is 0 Å². The Balaban J connectivity index is 1.38. The number of hydrogen-bond acceptors (Lipinski definition) is 6. The van der Waals surface area contributed by atoms with Crippen molar-refractivity contribution in [3.8, 4) is 67.9 Å². The van der Waals surface area contributed by atoms with Crippen molar-refractivity contribution in [2.24, 2.45) is 0 Å². The fourth-order valence-corrected chi connectivity index (χ4v) is 12.7. The van der Waals surface area contributed by atoms with Crippen LogP contribution in [-0.4, -0.2) is 30.6 Å². The van der Waals surface area contributed by atoms with Gasteiger partial charge in [-0.2, -0.15) is 0 Å². The quantitative estimate of drug-likeness (QED) is 0.0989. The SMILES string of the molecule is Oc1ccc(C2(c3ccc(O)cc3)c3ccccc3-c3c2c2c(c4c3C(c3ccc(O)cc3)(c3ccc(O)cc3)c3ccccc3-4)C(c3ccc(O)cc3)(c3ccc(O)cc3)c3ccccc3-2)cc1. The molecule has 0 fully saturated rings. The molecule has 0 saturated heterocycles. The van der Waals surface area contributed by atoms with E-state index in [4.69, 9.17) is 0 Å². The number of phenolic OH excluding ortho intramolecular Hbond substituents is 6. The van der Waals surface area contributed by atoms with Gasteiger partial charge in [0.05, 0.1) is 16.2 Å². The first kappa shape index (κ1) is 40.3. The Bertz CT molecular complexity index is 3140. The lowest BCUT2D eigenvalue weighted by Crippen LogP contribution is -2.33. The predicted molar refractivity (Wildman–Crippen MR) is 268 cm³/mol. The largest absolute Gasteiger partial charge is 0.508 e. The predicted octanol–water partition coefficient (Wildman–Crippen LogP) is 13.0. The van der Waals surface area contributed by atoms with E-state index in [0.29, 0.717) is 0 Å². The number of fused-ring (bicyclic) bond motifs is 12. The molecule has 6 nitrogen and oxygen atoms in total. The first-order valence-corrected chi connectivity index (χ1v) is 23.0. The van der Waals surface area contributed by atoms with Crippen molar-refractivity contribution in [1.82, 2.24) is 0 Å². The van der Waals surface area contributed by atoms with Gasteiger partial charge in [-0.05, 0) is 173 Å². The molecule has 0 bridgehead atoms. The van der Waals surface area contributed by atoms with Crippen molar-refractivity contribution in [2.45, 2.75) is 16.2 Å². The van der Waals surface area contributed by atoms with Crippen molar-refractivity contribution >= 4 is 0 Å². The van der Waals surface area contributed by atoms with E-state index in [1.807, 2.05) is 72.8 Å². The zero-order valence-corrected chi connectivity index (χ0v) is 37.0. The zero-order valence-electron chi connectivity index (χ0n) is 37.0. The third-order valence-electron chi connectivity index (χ3n) is 15.2. The lowest BCUT2D eigenvalue weighted by molar-refractivity contribution is 0.473. The summed E-state index contributed by atoms with van der Waals surface area (Å²) in [5.41, 5.74) is 14.3. The maximum absolute atomic E-state index is 11.0. The van der Waals surface area contributed by atoms with Crippen molar-refractivity contribution < 1.29 is 30.6 Å². The minimum atomic E-state index is -1.08. The third kappa shape index (κ3) is 5.20. The molecule has 0 saturated carbocycles. The van der Waals surface area contributed by atoms with E-state index in [1.54, 1.807) is 72.8 Å². The Morgan fingerprint density at radius 2 is 0.377 bits per heavy atom. The van der Waals surface area contributed by atoms with Gasteiger partial charge in [-0.25, -0.2) is 0 Å². The molecular formula is C63H42O6. The highest BCUT2D eigenvalue weighted by Crippen LogP contribution is 2.73. The summed E-state index contributed by atoms with van der Waals surface area (Å²) in [6.07, 6.45) is 0. The summed E-state index contributed by atoms with van der Waals surface area (Å²) in [7, 11) is 0. The van der Waals surface area contributed by atoms with Crippen LogP contribution in [0.25, 0.3) is 33.4 Å². The minimum Gasteiger partial charge on any atom is -0.508 e. The number of rotatable bonds is 6.